The van der Waals surface area contributed by atoms with E-state index in [9.17, 15) is 13.2 Å². The zero-order valence-electron chi connectivity index (χ0n) is 18.4. The molecule has 1 saturated carbocycles. The van der Waals surface area contributed by atoms with Crippen molar-refractivity contribution < 1.29 is 22.8 Å². The molecular weight excluding hydrogens is 478 g/mol. The molecule has 0 unspecified atom stereocenters. The quantitative estimate of drug-likeness (QED) is 0.356. The van der Waals surface area contributed by atoms with Crippen LogP contribution in [0, 0.1) is 0 Å². The Hall–Kier alpha value is -3.09. The molecular formula is C22H23N5O5S2. The number of amides is 1. The molecule has 12 heteroatoms. The summed E-state index contributed by atoms with van der Waals surface area (Å²) >= 11 is 1.24. The van der Waals surface area contributed by atoms with E-state index in [1.165, 1.54) is 23.5 Å². The minimum Gasteiger partial charge on any atom is -0.389 e. The molecule has 1 aliphatic heterocycles. The molecule has 2 aromatic heterocycles. The van der Waals surface area contributed by atoms with Gasteiger partial charge in [0.1, 0.15) is 16.2 Å². The maximum Gasteiger partial charge on any atom is 0.280 e. The Labute approximate surface area is 200 Å². The molecule has 2 N–H and O–H groups in total. The van der Waals surface area contributed by atoms with E-state index in [0.29, 0.717) is 59.3 Å². The third-order valence-electron chi connectivity index (χ3n) is 5.55. The number of pyridine rings is 1. The minimum atomic E-state index is -3.33. The molecule has 0 radical (unpaired) electrons. The number of nitrogens with one attached hydrogen (secondary N) is 2. The summed E-state index contributed by atoms with van der Waals surface area (Å²) in [6, 6.07) is 9.77. The maximum absolute atomic E-state index is 13.2. The molecule has 1 amide bonds. The largest absolute Gasteiger partial charge is 0.389 e. The number of aromatic nitrogens is 2. The van der Waals surface area contributed by atoms with Crippen LogP contribution in [0.25, 0.3) is 10.3 Å². The molecule has 1 aliphatic carbocycles. The third kappa shape index (κ3) is 4.74. The number of sulfone groups is 1. The highest BCUT2D eigenvalue weighted by Gasteiger charge is 2.36. The van der Waals surface area contributed by atoms with Crippen molar-refractivity contribution in [2.75, 3.05) is 30.9 Å². The first-order chi connectivity index (χ1) is 16.4. The second-order valence-electron chi connectivity index (χ2n) is 8.04. The molecule has 3 heterocycles. The molecule has 2 aliphatic rings. The molecule has 0 spiro atoms. The number of anilines is 2. The molecule has 1 aromatic carbocycles. The highest BCUT2D eigenvalue weighted by molar-refractivity contribution is 7.92. The van der Waals surface area contributed by atoms with Crippen molar-refractivity contribution in [1.82, 2.24) is 9.97 Å². The Kier molecular flexibility index (Phi) is 6.19. The van der Waals surface area contributed by atoms with Gasteiger partial charge in [-0.2, -0.15) is 0 Å². The lowest BCUT2D eigenvalue weighted by atomic mass is 10.1. The number of carbonyl (C=O) groups is 1. The molecule has 1 saturated heterocycles. The summed E-state index contributed by atoms with van der Waals surface area (Å²) in [5.41, 5.74) is 1.11. The van der Waals surface area contributed by atoms with Gasteiger partial charge in [0.05, 0.1) is 23.4 Å². The highest BCUT2D eigenvalue weighted by Crippen LogP contribution is 2.33. The first-order valence-electron chi connectivity index (χ1n) is 10.9. The van der Waals surface area contributed by atoms with Gasteiger partial charge < -0.3 is 14.9 Å². The molecule has 1 atom stereocenters. The first-order valence-corrected chi connectivity index (χ1v) is 13.2. The maximum atomic E-state index is 13.2. The molecule has 10 nitrogen and oxygen atoms in total. The summed E-state index contributed by atoms with van der Waals surface area (Å²) in [4.78, 5) is 28.5. The topological polar surface area (TPSA) is 132 Å². The number of fused-ring (bicyclic) bond motifs is 1. The first kappa shape index (κ1) is 22.7. The van der Waals surface area contributed by atoms with Gasteiger partial charge in [0.25, 0.3) is 5.91 Å². The second-order valence-corrected chi connectivity index (χ2v) is 11.2. The summed E-state index contributed by atoms with van der Waals surface area (Å²) in [5.74, 6) is 0.175. The lowest BCUT2D eigenvalue weighted by Gasteiger charge is -2.10. The van der Waals surface area contributed by atoms with Gasteiger partial charge in [0.15, 0.2) is 26.8 Å². The van der Waals surface area contributed by atoms with Crippen LogP contribution in [-0.4, -0.2) is 61.6 Å². The SMILES string of the molecule is CNc1ccc2nc(NC(=O)C(=NO[C@@H]3CCOC3)c3ccc(S(=O)(=O)C4CC4)cc3)sc2n1. The van der Waals surface area contributed by atoms with E-state index in [0.717, 1.165) is 0 Å². The van der Waals surface area contributed by atoms with Crippen LogP contribution in [0.1, 0.15) is 24.8 Å². The van der Waals surface area contributed by atoms with Crippen LogP contribution < -0.4 is 10.6 Å². The fraction of sp³-hybridized carbons (Fsp3) is 0.364. The summed E-state index contributed by atoms with van der Waals surface area (Å²) in [7, 11) is -1.56. The molecule has 34 heavy (non-hydrogen) atoms. The van der Waals surface area contributed by atoms with E-state index in [1.54, 1.807) is 25.2 Å². The fourth-order valence-corrected chi connectivity index (χ4v) is 5.98. The van der Waals surface area contributed by atoms with E-state index in [-0.39, 0.29) is 22.0 Å². The summed E-state index contributed by atoms with van der Waals surface area (Å²) < 4.78 is 30.3. The predicted molar refractivity (Wildman–Crippen MR) is 129 cm³/mol. The molecule has 5 rings (SSSR count). The van der Waals surface area contributed by atoms with Crippen LogP contribution in [0.5, 0.6) is 0 Å². The van der Waals surface area contributed by atoms with E-state index in [1.807, 2.05) is 6.07 Å². The van der Waals surface area contributed by atoms with Gasteiger partial charge in [-0.25, -0.2) is 18.4 Å². The minimum absolute atomic E-state index is 0.0189. The Morgan fingerprint density at radius 2 is 1.94 bits per heavy atom. The zero-order valence-corrected chi connectivity index (χ0v) is 20.0. The van der Waals surface area contributed by atoms with E-state index < -0.39 is 15.7 Å². The Bertz CT molecular complexity index is 1340. The van der Waals surface area contributed by atoms with E-state index >= 15 is 0 Å². The van der Waals surface area contributed by atoms with Crippen LogP contribution in [0.4, 0.5) is 10.9 Å². The number of ether oxygens (including phenoxy) is 1. The van der Waals surface area contributed by atoms with Crippen molar-refractivity contribution in [3.63, 3.8) is 0 Å². The van der Waals surface area contributed by atoms with Gasteiger partial charge in [-0.05, 0) is 37.1 Å². The average molecular weight is 502 g/mol. The number of rotatable bonds is 8. The molecule has 2 fully saturated rings. The van der Waals surface area contributed by atoms with Crippen LogP contribution in [0.3, 0.4) is 0 Å². The second kappa shape index (κ2) is 9.28. The monoisotopic (exact) mass is 501 g/mol. The third-order valence-corrected chi connectivity index (χ3v) is 8.71. The number of nitrogens with zero attached hydrogens (tertiary/aromatic N) is 3. The molecule has 3 aromatic rings. The number of hydrogen-bond acceptors (Lipinski definition) is 10. The summed E-state index contributed by atoms with van der Waals surface area (Å²) in [6.07, 6.45) is 1.80. The van der Waals surface area contributed by atoms with Crippen molar-refractivity contribution in [3.05, 3.63) is 42.0 Å². The highest BCUT2D eigenvalue weighted by atomic mass is 32.2. The molecule has 178 valence electrons. The fourth-order valence-electron chi connectivity index (χ4n) is 3.49. The lowest BCUT2D eigenvalue weighted by Crippen LogP contribution is -2.25. The Morgan fingerprint density at radius 1 is 1.15 bits per heavy atom. The van der Waals surface area contributed by atoms with E-state index in [4.69, 9.17) is 9.57 Å². The van der Waals surface area contributed by atoms with Crippen LogP contribution in [-0.2, 0) is 24.2 Å². The zero-order chi connectivity index (χ0) is 23.7. The standard InChI is InChI=1S/C22H23N5O5S2/c1-23-18-9-8-17-21(25-18)33-22(24-17)26-20(28)19(27-32-14-10-11-31-12-14)13-2-4-15(5-3-13)34(29,30)16-6-7-16/h2-5,8-9,14,16H,6-7,10-12H2,1H3,(H,23,25)(H,24,26,28)/t14-/m1/s1. The number of hydrogen-bond donors (Lipinski definition) is 2. The van der Waals surface area contributed by atoms with Crippen LogP contribution in [0.15, 0.2) is 46.4 Å². The van der Waals surface area contributed by atoms with Crippen molar-refractivity contribution in [2.45, 2.75) is 35.5 Å². The van der Waals surface area contributed by atoms with Gasteiger partial charge >= 0.3 is 0 Å². The number of benzene rings is 1. The summed E-state index contributed by atoms with van der Waals surface area (Å²) in [5, 5.41) is 9.91. The van der Waals surface area contributed by atoms with Gasteiger partial charge in [-0.15, -0.1) is 0 Å². The van der Waals surface area contributed by atoms with Crippen LogP contribution >= 0.6 is 11.3 Å². The predicted octanol–water partition coefficient (Wildman–Crippen LogP) is 2.82. The molecule has 0 bridgehead atoms. The van der Waals surface area contributed by atoms with Gasteiger partial charge in [0.2, 0.25) is 0 Å². The smallest absolute Gasteiger partial charge is 0.280 e. The van der Waals surface area contributed by atoms with Crippen molar-refractivity contribution in [1.29, 1.82) is 0 Å². The van der Waals surface area contributed by atoms with E-state index in [2.05, 4.69) is 25.8 Å². The average Bonchev–Trinajstić information content (AvgIpc) is 3.44. The van der Waals surface area contributed by atoms with Gasteiger partial charge in [-0.3, -0.25) is 10.1 Å². The number of oxime groups is 1. The summed E-state index contributed by atoms with van der Waals surface area (Å²) in [6.45, 7) is 0.969. The van der Waals surface area contributed by atoms with Crippen molar-refractivity contribution >= 4 is 54.1 Å². The number of thiazole rings is 1. The normalized spacial score (nSPS) is 18.7. The van der Waals surface area contributed by atoms with Crippen molar-refractivity contribution in [3.8, 4) is 0 Å². The Balaban J connectivity index is 1.41. The number of carbonyl (C=O) groups excluding carboxylic acids is 1. The van der Waals surface area contributed by atoms with Gasteiger partial charge in [-0.1, -0.05) is 28.6 Å². The van der Waals surface area contributed by atoms with Gasteiger partial charge in [0, 0.05) is 19.0 Å². The lowest BCUT2D eigenvalue weighted by molar-refractivity contribution is -0.110. The van der Waals surface area contributed by atoms with Crippen LogP contribution in [0.2, 0.25) is 0 Å². The van der Waals surface area contributed by atoms with Crippen molar-refractivity contribution in [2.24, 2.45) is 5.16 Å². The Morgan fingerprint density at radius 3 is 2.62 bits per heavy atom.